The molecule has 6 heteroatoms. The lowest BCUT2D eigenvalue weighted by atomic mass is 9.95. The van der Waals surface area contributed by atoms with Crippen LogP contribution in [-0.4, -0.2) is 28.6 Å². The standard InChI is InChI=1S/C13H19N3O3/c1-19-13(18)9-7-16(8-5-3-2-4-6-8)12(17)10(9)11(14)15/h7-8,17H,2-6H2,1H3,(H3,14,15). The Labute approximate surface area is 111 Å². The van der Waals surface area contributed by atoms with Crippen molar-refractivity contribution in [1.82, 2.24) is 4.57 Å². The zero-order valence-electron chi connectivity index (χ0n) is 11.0. The van der Waals surface area contributed by atoms with E-state index in [1.165, 1.54) is 13.5 Å². The highest BCUT2D eigenvalue weighted by Crippen LogP contribution is 2.35. The molecule has 0 bridgehead atoms. The van der Waals surface area contributed by atoms with Crippen LogP contribution in [-0.2, 0) is 4.74 Å². The van der Waals surface area contributed by atoms with Crippen LogP contribution in [0.25, 0.3) is 0 Å². The molecule has 19 heavy (non-hydrogen) atoms. The van der Waals surface area contributed by atoms with Gasteiger partial charge < -0.3 is 20.1 Å². The Balaban J connectivity index is 2.45. The molecule has 1 fully saturated rings. The Morgan fingerprint density at radius 1 is 1.47 bits per heavy atom. The van der Waals surface area contributed by atoms with Crippen molar-refractivity contribution in [3.8, 4) is 5.88 Å². The van der Waals surface area contributed by atoms with Gasteiger partial charge in [0.05, 0.1) is 18.2 Å². The average molecular weight is 265 g/mol. The van der Waals surface area contributed by atoms with Crippen LogP contribution < -0.4 is 5.73 Å². The Morgan fingerprint density at radius 3 is 2.63 bits per heavy atom. The van der Waals surface area contributed by atoms with E-state index in [0.29, 0.717) is 0 Å². The minimum atomic E-state index is -0.588. The molecule has 0 amide bonds. The number of nitrogens with one attached hydrogen (secondary N) is 1. The molecule has 4 N–H and O–H groups in total. The zero-order chi connectivity index (χ0) is 14.0. The summed E-state index contributed by atoms with van der Waals surface area (Å²) in [7, 11) is 1.27. The number of hydrogen-bond acceptors (Lipinski definition) is 4. The number of amidine groups is 1. The Morgan fingerprint density at radius 2 is 2.11 bits per heavy atom. The number of methoxy groups -OCH3 is 1. The number of ether oxygens (including phenoxy) is 1. The average Bonchev–Trinajstić information content (AvgIpc) is 2.76. The Bertz CT molecular complexity index is 501. The molecule has 0 aromatic carbocycles. The first kappa shape index (κ1) is 13.5. The van der Waals surface area contributed by atoms with Crippen LogP contribution in [0.3, 0.4) is 0 Å². The van der Waals surface area contributed by atoms with Crippen molar-refractivity contribution >= 4 is 11.8 Å². The lowest BCUT2D eigenvalue weighted by molar-refractivity contribution is 0.0600. The molecule has 0 radical (unpaired) electrons. The van der Waals surface area contributed by atoms with E-state index in [9.17, 15) is 9.90 Å². The fourth-order valence-corrected chi connectivity index (χ4v) is 2.68. The lowest BCUT2D eigenvalue weighted by Gasteiger charge is -2.23. The smallest absolute Gasteiger partial charge is 0.340 e. The van der Waals surface area contributed by atoms with Crippen molar-refractivity contribution in [2.45, 2.75) is 38.1 Å². The van der Waals surface area contributed by atoms with E-state index in [0.717, 1.165) is 25.7 Å². The molecule has 0 spiro atoms. The largest absolute Gasteiger partial charge is 0.494 e. The van der Waals surface area contributed by atoms with Crippen molar-refractivity contribution in [3.63, 3.8) is 0 Å². The van der Waals surface area contributed by atoms with Gasteiger partial charge in [-0.2, -0.15) is 0 Å². The summed E-state index contributed by atoms with van der Waals surface area (Å²) < 4.78 is 6.32. The third-order valence-electron chi connectivity index (χ3n) is 3.65. The number of carbonyl (C=O) groups excluding carboxylic acids is 1. The van der Waals surface area contributed by atoms with Gasteiger partial charge in [-0.15, -0.1) is 0 Å². The molecule has 1 aromatic rings. The van der Waals surface area contributed by atoms with Crippen LogP contribution >= 0.6 is 0 Å². The Kier molecular flexibility index (Phi) is 3.78. The van der Waals surface area contributed by atoms with Crippen molar-refractivity contribution in [2.75, 3.05) is 7.11 Å². The topological polar surface area (TPSA) is 101 Å². The summed E-state index contributed by atoms with van der Waals surface area (Å²) in [6.07, 6.45) is 6.87. The molecule has 1 heterocycles. The number of esters is 1. The monoisotopic (exact) mass is 265 g/mol. The maximum Gasteiger partial charge on any atom is 0.340 e. The third kappa shape index (κ3) is 2.43. The van der Waals surface area contributed by atoms with Gasteiger partial charge >= 0.3 is 5.97 Å². The van der Waals surface area contributed by atoms with E-state index >= 15 is 0 Å². The molecular weight excluding hydrogens is 246 g/mol. The van der Waals surface area contributed by atoms with Crippen molar-refractivity contribution in [2.24, 2.45) is 5.73 Å². The molecule has 1 saturated carbocycles. The molecule has 0 unspecified atom stereocenters. The molecule has 0 saturated heterocycles. The second-order valence-electron chi connectivity index (χ2n) is 4.85. The fraction of sp³-hybridized carbons (Fsp3) is 0.538. The van der Waals surface area contributed by atoms with Crippen molar-refractivity contribution in [1.29, 1.82) is 5.41 Å². The number of rotatable bonds is 3. The first-order valence-electron chi connectivity index (χ1n) is 6.42. The minimum absolute atomic E-state index is 0.0671. The maximum atomic E-state index is 11.7. The van der Waals surface area contributed by atoms with Crippen LogP contribution in [0.2, 0.25) is 0 Å². The number of nitrogens with zero attached hydrogens (tertiary/aromatic N) is 1. The number of nitrogen functional groups attached to an aromatic ring is 1. The maximum absolute atomic E-state index is 11.7. The fourth-order valence-electron chi connectivity index (χ4n) is 2.68. The lowest BCUT2D eigenvalue weighted by Crippen LogP contribution is -2.15. The summed E-state index contributed by atoms with van der Waals surface area (Å²) in [6, 6.07) is 0.158. The van der Waals surface area contributed by atoms with Gasteiger partial charge in [-0.3, -0.25) is 5.41 Å². The van der Waals surface area contributed by atoms with Gasteiger partial charge in [-0.25, -0.2) is 4.79 Å². The van der Waals surface area contributed by atoms with E-state index in [2.05, 4.69) is 4.74 Å². The van der Waals surface area contributed by atoms with E-state index in [1.807, 2.05) is 0 Å². The minimum Gasteiger partial charge on any atom is -0.494 e. The van der Waals surface area contributed by atoms with Crippen LogP contribution in [0, 0.1) is 5.41 Å². The van der Waals surface area contributed by atoms with E-state index in [-0.39, 0.29) is 28.9 Å². The first-order chi connectivity index (χ1) is 9.06. The summed E-state index contributed by atoms with van der Waals surface area (Å²) in [6.45, 7) is 0. The first-order valence-corrected chi connectivity index (χ1v) is 6.42. The SMILES string of the molecule is COC(=O)c1cn(C2CCCCC2)c(O)c1C(=N)N. The van der Waals surface area contributed by atoms with Crippen LogP contribution in [0.1, 0.15) is 54.1 Å². The van der Waals surface area contributed by atoms with Crippen molar-refractivity contribution < 1.29 is 14.6 Å². The number of aromatic nitrogens is 1. The quantitative estimate of drug-likeness (QED) is 0.440. The molecule has 2 rings (SSSR count). The van der Waals surface area contributed by atoms with Gasteiger partial charge in [-0.05, 0) is 12.8 Å². The van der Waals surface area contributed by atoms with E-state index in [1.54, 1.807) is 10.8 Å². The summed E-state index contributed by atoms with van der Waals surface area (Å²) in [5.74, 6) is -1.03. The second-order valence-corrected chi connectivity index (χ2v) is 4.85. The van der Waals surface area contributed by atoms with Gasteiger partial charge in [0.2, 0.25) is 5.88 Å². The van der Waals surface area contributed by atoms with Crippen LogP contribution in [0.4, 0.5) is 0 Å². The molecule has 0 aliphatic heterocycles. The normalized spacial score (nSPS) is 16.3. The van der Waals surface area contributed by atoms with Gasteiger partial charge in [-0.1, -0.05) is 19.3 Å². The number of hydrogen-bond donors (Lipinski definition) is 3. The van der Waals surface area contributed by atoms with Crippen molar-refractivity contribution in [3.05, 3.63) is 17.3 Å². The number of nitrogens with two attached hydrogens (primary N) is 1. The highest BCUT2D eigenvalue weighted by molar-refractivity contribution is 6.07. The molecule has 104 valence electrons. The summed E-state index contributed by atoms with van der Waals surface area (Å²) in [5, 5.41) is 17.7. The number of aromatic hydroxyl groups is 1. The predicted molar refractivity (Wildman–Crippen MR) is 70.6 cm³/mol. The summed E-state index contributed by atoms with van der Waals surface area (Å²) >= 11 is 0. The second kappa shape index (κ2) is 5.34. The molecule has 1 aliphatic rings. The van der Waals surface area contributed by atoms with Gasteiger partial charge in [0, 0.05) is 12.2 Å². The molecule has 6 nitrogen and oxygen atoms in total. The zero-order valence-corrected chi connectivity index (χ0v) is 11.0. The highest BCUT2D eigenvalue weighted by atomic mass is 16.5. The Hall–Kier alpha value is -1.98. The van der Waals surface area contributed by atoms with E-state index < -0.39 is 5.97 Å². The molecule has 0 atom stereocenters. The predicted octanol–water partition coefficient (Wildman–Crippen LogP) is 1.77. The number of carbonyl (C=O) groups is 1. The van der Waals surface area contributed by atoms with E-state index in [4.69, 9.17) is 11.1 Å². The van der Waals surface area contributed by atoms with Gasteiger partial charge in [0.25, 0.3) is 0 Å². The summed E-state index contributed by atoms with van der Waals surface area (Å²) in [4.78, 5) is 11.7. The molecule has 1 aliphatic carbocycles. The van der Waals surface area contributed by atoms with Gasteiger partial charge in [0.15, 0.2) is 0 Å². The van der Waals surface area contributed by atoms with Crippen LogP contribution in [0.15, 0.2) is 6.20 Å². The summed E-state index contributed by atoms with van der Waals surface area (Å²) in [5.41, 5.74) is 5.67. The third-order valence-corrected chi connectivity index (χ3v) is 3.65. The highest BCUT2D eigenvalue weighted by Gasteiger charge is 2.27. The molecule has 1 aromatic heterocycles. The van der Waals surface area contributed by atoms with Gasteiger partial charge in [0.1, 0.15) is 5.84 Å². The molecular formula is C13H19N3O3. The van der Waals surface area contributed by atoms with Crippen LogP contribution in [0.5, 0.6) is 5.88 Å².